The molecule has 35 heavy (non-hydrogen) atoms. The van der Waals surface area contributed by atoms with Crippen molar-refractivity contribution in [1.82, 2.24) is 0 Å². The maximum atomic E-state index is 13.4. The number of hydrogen-bond donors (Lipinski definition) is 0. The predicted molar refractivity (Wildman–Crippen MR) is 135 cm³/mol. The average Bonchev–Trinajstić information content (AvgIpc) is 2.83. The van der Waals surface area contributed by atoms with Crippen LogP contribution >= 0.6 is 0 Å². The third kappa shape index (κ3) is 7.81. The first-order valence-corrected chi connectivity index (χ1v) is 13.1. The number of carbonyl (C=O) groups excluding carboxylic acids is 2. The number of aryl methyl sites for hydroxylation is 2. The van der Waals surface area contributed by atoms with Gasteiger partial charge in [-0.1, -0.05) is 55.0 Å². The maximum absolute atomic E-state index is 13.4. The van der Waals surface area contributed by atoms with Gasteiger partial charge >= 0.3 is 5.97 Å². The number of ether oxygens (including phenoxy) is 1. The summed E-state index contributed by atoms with van der Waals surface area (Å²) in [6.07, 6.45) is 7.92. The molecule has 185 valence electrons. The van der Waals surface area contributed by atoms with Gasteiger partial charge in [-0.25, -0.2) is 0 Å². The smallest absolute Gasteiger partial charge is 0.314 e. The van der Waals surface area contributed by atoms with Gasteiger partial charge in [-0.3, -0.25) is 9.59 Å². The molecule has 1 heterocycles. The first kappa shape index (κ1) is 28.2. The van der Waals surface area contributed by atoms with Crippen LogP contribution in [0.25, 0.3) is 0 Å². The van der Waals surface area contributed by atoms with Crippen molar-refractivity contribution in [3.63, 3.8) is 0 Å². The van der Waals surface area contributed by atoms with Crippen molar-refractivity contribution < 1.29 is 51.5 Å². The Morgan fingerprint density at radius 2 is 1.57 bits per heavy atom. The molecule has 2 aromatic carbocycles. The molecule has 0 spiro atoms. The molecule has 2 unspecified atom stereocenters. The van der Waals surface area contributed by atoms with E-state index in [0.717, 1.165) is 57.2 Å². The molecule has 1 saturated carbocycles. The van der Waals surface area contributed by atoms with E-state index in [1.54, 1.807) is 0 Å². The molecule has 4 nitrogen and oxygen atoms in total. The number of benzene rings is 2. The second-order valence-electron chi connectivity index (χ2n) is 10.7. The Balaban J connectivity index is 0.00000342. The number of nitrogens with zero attached hydrogens (tertiary/aromatic N) is 1. The summed E-state index contributed by atoms with van der Waals surface area (Å²) < 4.78 is 6.62. The number of rotatable bonds is 8. The number of piperidine rings is 1. The fourth-order valence-corrected chi connectivity index (χ4v) is 6.03. The molecule has 1 aliphatic carbocycles. The molecule has 2 aromatic rings. The number of ketones is 1. The van der Waals surface area contributed by atoms with Gasteiger partial charge in [0.2, 0.25) is 0 Å². The predicted octanol–water partition coefficient (Wildman–Crippen LogP) is 5.72. The zero-order valence-corrected chi connectivity index (χ0v) is 24.3. The van der Waals surface area contributed by atoms with E-state index < -0.39 is 0 Å². The van der Waals surface area contributed by atoms with Gasteiger partial charge < -0.3 is 9.22 Å². The normalized spacial score (nSPS) is 22.7. The number of Topliss-reactive ketones (excluding diaryl/α,β-unsaturated/α-hetero) is 1. The number of esters is 1. The van der Waals surface area contributed by atoms with E-state index in [1.807, 2.05) is 6.07 Å². The third-order valence-corrected chi connectivity index (χ3v) is 7.85. The first-order chi connectivity index (χ1) is 16.4. The van der Waals surface area contributed by atoms with Crippen LogP contribution in [-0.2, 0) is 60.0 Å². The minimum absolute atomic E-state index is 0. The molecule has 2 atom stereocenters. The Bertz CT molecular complexity index is 966. The Morgan fingerprint density at radius 3 is 2.26 bits per heavy atom. The summed E-state index contributed by atoms with van der Waals surface area (Å²) in [4.78, 5) is 26.6. The monoisotopic (exact) mass is 551 g/mol. The number of quaternary nitrogens is 1. The third-order valence-electron chi connectivity index (χ3n) is 7.85. The molecule has 1 saturated heterocycles. The molecule has 5 heteroatoms. The Labute approximate surface area is 236 Å². The molecule has 0 N–H and O–H groups in total. The Morgan fingerprint density at radius 1 is 0.886 bits per heavy atom. The van der Waals surface area contributed by atoms with Gasteiger partial charge in [-0.05, 0) is 69.1 Å². The minimum Gasteiger partial charge on any atom is -0.462 e. The van der Waals surface area contributed by atoms with E-state index in [4.69, 9.17) is 4.74 Å². The van der Waals surface area contributed by atoms with Crippen molar-refractivity contribution in [3.05, 3.63) is 70.8 Å². The molecular formula is C30H40NO3Y+. The van der Waals surface area contributed by atoms with Crippen LogP contribution in [0.3, 0.4) is 0 Å². The van der Waals surface area contributed by atoms with Gasteiger partial charge in [0.25, 0.3) is 0 Å². The van der Waals surface area contributed by atoms with Gasteiger partial charge in [-0.2, -0.15) is 0 Å². The van der Waals surface area contributed by atoms with Crippen molar-refractivity contribution in [2.24, 2.45) is 5.92 Å². The molecule has 4 rings (SSSR count). The zero-order valence-electron chi connectivity index (χ0n) is 21.5. The van der Waals surface area contributed by atoms with Crippen molar-refractivity contribution in [2.45, 2.75) is 77.9 Å². The van der Waals surface area contributed by atoms with Crippen LogP contribution in [0.4, 0.5) is 0 Å². The van der Waals surface area contributed by atoms with E-state index in [1.165, 1.54) is 23.1 Å². The van der Waals surface area contributed by atoms with Crippen molar-refractivity contribution in [1.29, 1.82) is 0 Å². The topological polar surface area (TPSA) is 43.4 Å². The van der Waals surface area contributed by atoms with Crippen LogP contribution < -0.4 is 0 Å². The number of hydrogen-bond acceptors (Lipinski definition) is 3. The van der Waals surface area contributed by atoms with Crippen molar-refractivity contribution >= 4 is 11.8 Å². The van der Waals surface area contributed by atoms with Crippen LogP contribution in [0.1, 0.15) is 67.2 Å². The van der Waals surface area contributed by atoms with Crippen LogP contribution in [0.5, 0.6) is 0 Å². The largest absolute Gasteiger partial charge is 0.462 e. The summed E-state index contributed by atoms with van der Waals surface area (Å²) in [5.74, 6) is 0.103. The number of carbonyl (C=O) groups is 2. The molecular weight excluding hydrogens is 511 g/mol. The van der Waals surface area contributed by atoms with Gasteiger partial charge in [0.05, 0.1) is 13.1 Å². The van der Waals surface area contributed by atoms with Crippen LogP contribution in [0, 0.1) is 19.8 Å². The van der Waals surface area contributed by atoms with E-state index in [-0.39, 0.29) is 56.5 Å². The van der Waals surface area contributed by atoms with Crippen LogP contribution in [-0.4, -0.2) is 42.0 Å². The summed E-state index contributed by atoms with van der Waals surface area (Å²) in [5.41, 5.74) is 4.73. The quantitative estimate of drug-likeness (QED) is 0.312. The van der Waals surface area contributed by atoms with Crippen molar-refractivity contribution in [2.75, 3.05) is 19.6 Å². The summed E-state index contributed by atoms with van der Waals surface area (Å²) in [5, 5.41) is 0. The Kier molecular flexibility index (Phi) is 10.7. The molecule has 0 amide bonds. The van der Waals surface area contributed by atoms with Crippen molar-refractivity contribution in [3.8, 4) is 0 Å². The molecule has 1 radical (unpaired) electrons. The summed E-state index contributed by atoms with van der Waals surface area (Å²) in [7, 11) is 0. The fraction of sp³-hybridized carbons (Fsp3) is 0.533. The summed E-state index contributed by atoms with van der Waals surface area (Å²) >= 11 is 0. The van der Waals surface area contributed by atoms with Gasteiger partial charge in [0, 0.05) is 44.7 Å². The maximum Gasteiger partial charge on any atom is 0.314 e. The standard InChI is InChI=1S/C30H40NO3.Y/c1-23-11-9-12-24(2)29(23)19-27(32)22-31(20-25-13-5-3-6-14-25)18-10-15-26(21-31)30(33)34-28-16-7-4-8-17-28;/h3,5-6,9,11-14,26,28H,4,7-8,10,15-22H2,1-2H3;/q+1;. The SMILES string of the molecule is Cc1cccc(C)c1CC(=O)C[N+]1(Cc2ccccc2)CCCC(C(=O)OC2CCCCC2)C1.[Y]. The minimum atomic E-state index is -0.118. The van der Waals surface area contributed by atoms with E-state index in [2.05, 4.69) is 56.3 Å². The van der Waals surface area contributed by atoms with E-state index in [0.29, 0.717) is 24.0 Å². The molecule has 2 fully saturated rings. The first-order valence-electron chi connectivity index (χ1n) is 13.1. The Hall–Kier alpha value is -1.36. The molecule has 0 bridgehead atoms. The van der Waals surface area contributed by atoms with E-state index in [9.17, 15) is 9.59 Å². The second-order valence-corrected chi connectivity index (χ2v) is 10.7. The van der Waals surface area contributed by atoms with Gasteiger partial charge in [-0.15, -0.1) is 0 Å². The zero-order chi connectivity index (χ0) is 24.0. The molecule has 0 aromatic heterocycles. The van der Waals surface area contributed by atoms with E-state index >= 15 is 0 Å². The van der Waals surface area contributed by atoms with Gasteiger partial charge in [0.15, 0.2) is 5.78 Å². The summed E-state index contributed by atoms with van der Waals surface area (Å²) in [6.45, 7) is 7.05. The summed E-state index contributed by atoms with van der Waals surface area (Å²) in [6, 6.07) is 16.6. The molecule has 1 aliphatic heterocycles. The van der Waals surface area contributed by atoms with Crippen LogP contribution in [0.15, 0.2) is 48.5 Å². The molecule has 2 aliphatic rings. The average molecular weight is 552 g/mol. The van der Waals surface area contributed by atoms with Crippen LogP contribution in [0.2, 0.25) is 0 Å². The fourth-order valence-electron chi connectivity index (χ4n) is 6.03. The number of likely N-dealkylation sites (tertiary alicyclic amines) is 1. The second kappa shape index (κ2) is 13.3. The van der Waals surface area contributed by atoms with Gasteiger partial charge in [0.1, 0.15) is 25.1 Å².